The molecule has 1 heterocycles. The van der Waals surface area contributed by atoms with Crippen molar-refractivity contribution in [1.82, 2.24) is 10.3 Å². The molecule has 0 saturated carbocycles. The summed E-state index contributed by atoms with van der Waals surface area (Å²) in [7, 11) is 0. The van der Waals surface area contributed by atoms with Crippen molar-refractivity contribution in [3.8, 4) is 6.07 Å². The zero-order chi connectivity index (χ0) is 19.3. The van der Waals surface area contributed by atoms with E-state index >= 15 is 0 Å². The predicted octanol–water partition coefficient (Wildman–Crippen LogP) is 4.28. The molecule has 2 rings (SSSR count). The van der Waals surface area contributed by atoms with Crippen molar-refractivity contribution < 1.29 is 4.79 Å². The molecule has 2 aromatic rings. The number of nitriles is 1. The maximum atomic E-state index is 12.5. The molecule has 4 nitrogen and oxygen atoms in total. The van der Waals surface area contributed by atoms with Crippen molar-refractivity contribution in [2.75, 3.05) is 6.54 Å². The van der Waals surface area contributed by atoms with Gasteiger partial charge in [-0.25, -0.2) is 4.98 Å². The Labute approximate surface area is 160 Å². The monoisotopic (exact) mass is 367 g/mol. The van der Waals surface area contributed by atoms with E-state index in [9.17, 15) is 10.1 Å². The van der Waals surface area contributed by atoms with Crippen molar-refractivity contribution in [2.45, 2.75) is 50.8 Å². The van der Waals surface area contributed by atoms with Crippen LogP contribution in [0, 0.1) is 32.1 Å². The standard InChI is InChI=1S/C21H25N3OS/c1-13(18-9-7-6-8-10-18)12-23-20(25)17(5)26-21-19(11-22)15(3)14(2)16(4)24-21/h6-10,13,17H,12H2,1-5H3,(H,23,25)/t13-,17-/m0/s1. The second kappa shape index (κ2) is 8.86. The van der Waals surface area contributed by atoms with Crippen LogP contribution in [0.5, 0.6) is 0 Å². The highest BCUT2D eigenvalue weighted by molar-refractivity contribution is 8.00. The van der Waals surface area contributed by atoms with Crippen LogP contribution in [0.15, 0.2) is 35.4 Å². The first-order valence-electron chi connectivity index (χ1n) is 8.72. The minimum Gasteiger partial charge on any atom is -0.355 e. The summed E-state index contributed by atoms with van der Waals surface area (Å²) < 4.78 is 0. The highest BCUT2D eigenvalue weighted by Gasteiger charge is 2.20. The Balaban J connectivity index is 2.03. The Kier molecular flexibility index (Phi) is 6.82. The number of thioether (sulfide) groups is 1. The van der Waals surface area contributed by atoms with E-state index in [2.05, 4.69) is 35.4 Å². The molecule has 1 amide bonds. The van der Waals surface area contributed by atoms with Crippen LogP contribution in [0.4, 0.5) is 0 Å². The van der Waals surface area contributed by atoms with Gasteiger partial charge in [0, 0.05) is 12.2 Å². The number of aryl methyl sites for hydroxylation is 1. The predicted molar refractivity (Wildman–Crippen MR) is 106 cm³/mol. The minimum absolute atomic E-state index is 0.0423. The van der Waals surface area contributed by atoms with Crippen molar-refractivity contribution in [3.63, 3.8) is 0 Å². The van der Waals surface area contributed by atoms with Crippen LogP contribution in [-0.4, -0.2) is 22.7 Å². The fraction of sp³-hybridized carbons (Fsp3) is 0.381. The Hall–Kier alpha value is -2.32. The fourth-order valence-electron chi connectivity index (χ4n) is 2.65. The molecule has 2 atom stereocenters. The van der Waals surface area contributed by atoms with Crippen molar-refractivity contribution in [2.24, 2.45) is 0 Å². The van der Waals surface area contributed by atoms with E-state index in [-0.39, 0.29) is 17.1 Å². The Morgan fingerprint density at radius 1 is 1.19 bits per heavy atom. The van der Waals surface area contributed by atoms with Crippen molar-refractivity contribution >= 4 is 17.7 Å². The van der Waals surface area contributed by atoms with E-state index in [0.717, 1.165) is 16.8 Å². The van der Waals surface area contributed by atoms with E-state index in [1.807, 2.05) is 45.9 Å². The van der Waals surface area contributed by atoms with Gasteiger partial charge in [-0.05, 0) is 50.3 Å². The number of amides is 1. The van der Waals surface area contributed by atoms with Crippen LogP contribution in [0.1, 0.15) is 47.7 Å². The molecule has 0 radical (unpaired) electrons. The molecule has 0 aliphatic heterocycles. The number of pyridine rings is 1. The molecule has 0 aliphatic carbocycles. The first kappa shape index (κ1) is 20.0. The van der Waals surface area contributed by atoms with Gasteiger partial charge in [0.15, 0.2) is 0 Å². The van der Waals surface area contributed by atoms with Gasteiger partial charge >= 0.3 is 0 Å². The average Bonchev–Trinajstić information content (AvgIpc) is 2.64. The second-order valence-electron chi connectivity index (χ2n) is 6.56. The van der Waals surface area contributed by atoms with Gasteiger partial charge in [-0.2, -0.15) is 5.26 Å². The van der Waals surface area contributed by atoms with Crippen molar-refractivity contribution in [1.29, 1.82) is 5.26 Å². The van der Waals surface area contributed by atoms with E-state index in [1.54, 1.807) is 0 Å². The highest BCUT2D eigenvalue weighted by atomic mass is 32.2. The average molecular weight is 368 g/mol. The quantitative estimate of drug-likeness (QED) is 0.774. The van der Waals surface area contributed by atoms with E-state index in [4.69, 9.17) is 0 Å². The number of carbonyl (C=O) groups is 1. The number of aromatic nitrogens is 1. The first-order valence-corrected chi connectivity index (χ1v) is 9.60. The summed E-state index contributed by atoms with van der Waals surface area (Å²) in [6, 6.07) is 12.4. The zero-order valence-corrected chi connectivity index (χ0v) is 16.8. The maximum Gasteiger partial charge on any atom is 0.233 e. The van der Waals surface area contributed by atoms with Crippen LogP contribution >= 0.6 is 11.8 Å². The summed E-state index contributed by atoms with van der Waals surface area (Å²) >= 11 is 1.34. The Morgan fingerprint density at radius 3 is 2.46 bits per heavy atom. The highest BCUT2D eigenvalue weighted by Crippen LogP contribution is 2.29. The van der Waals surface area contributed by atoms with Crippen LogP contribution in [0.3, 0.4) is 0 Å². The molecule has 136 valence electrons. The lowest BCUT2D eigenvalue weighted by Gasteiger charge is -2.17. The Morgan fingerprint density at radius 2 is 1.85 bits per heavy atom. The van der Waals surface area contributed by atoms with Gasteiger partial charge in [-0.3, -0.25) is 4.79 Å². The van der Waals surface area contributed by atoms with Gasteiger partial charge in [-0.15, -0.1) is 0 Å². The lowest BCUT2D eigenvalue weighted by atomic mass is 10.0. The normalized spacial score (nSPS) is 12.9. The summed E-state index contributed by atoms with van der Waals surface area (Å²) in [5.41, 5.74) is 4.63. The van der Waals surface area contributed by atoms with Gasteiger partial charge in [-0.1, -0.05) is 49.0 Å². The van der Waals surface area contributed by atoms with Gasteiger partial charge < -0.3 is 5.32 Å². The molecule has 0 saturated heterocycles. The van der Waals surface area contributed by atoms with E-state index < -0.39 is 0 Å². The van der Waals surface area contributed by atoms with Gasteiger partial charge in [0.25, 0.3) is 0 Å². The number of benzene rings is 1. The third-order valence-corrected chi connectivity index (χ3v) is 5.77. The molecular weight excluding hydrogens is 342 g/mol. The van der Waals surface area contributed by atoms with Crippen LogP contribution in [-0.2, 0) is 4.79 Å². The van der Waals surface area contributed by atoms with Crippen LogP contribution < -0.4 is 5.32 Å². The summed E-state index contributed by atoms with van der Waals surface area (Å²) in [5.74, 6) is 0.202. The molecule has 1 aromatic heterocycles. The SMILES string of the molecule is Cc1nc(S[C@@H](C)C(=O)NC[C@H](C)c2ccccc2)c(C#N)c(C)c1C. The number of nitrogens with zero attached hydrogens (tertiary/aromatic N) is 2. The number of hydrogen-bond acceptors (Lipinski definition) is 4. The third kappa shape index (κ3) is 4.64. The Bertz CT molecular complexity index is 827. The molecular formula is C21H25N3OS. The number of nitrogens with one attached hydrogen (secondary N) is 1. The molecule has 1 aromatic carbocycles. The lowest BCUT2D eigenvalue weighted by Crippen LogP contribution is -2.33. The first-order chi connectivity index (χ1) is 12.3. The van der Waals surface area contributed by atoms with Gasteiger partial charge in [0.05, 0.1) is 10.8 Å². The summed E-state index contributed by atoms with van der Waals surface area (Å²) in [4.78, 5) is 17.0. The largest absolute Gasteiger partial charge is 0.355 e. The second-order valence-corrected chi connectivity index (χ2v) is 7.89. The number of rotatable bonds is 6. The summed E-state index contributed by atoms with van der Waals surface area (Å²) in [6.07, 6.45) is 0. The van der Waals surface area contributed by atoms with Crippen LogP contribution in [0.2, 0.25) is 0 Å². The minimum atomic E-state index is -0.320. The lowest BCUT2D eigenvalue weighted by molar-refractivity contribution is -0.120. The number of hydrogen-bond donors (Lipinski definition) is 1. The van der Waals surface area contributed by atoms with E-state index in [0.29, 0.717) is 17.1 Å². The molecule has 26 heavy (non-hydrogen) atoms. The fourth-order valence-corrected chi connectivity index (χ4v) is 3.68. The van der Waals surface area contributed by atoms with E-state index in [1.165, 1.54) is 17.3 Å². The number of carbonyl (C=O) groups excluding carboxylic acids is 1. The summed E-state index contributed by atoms with van der Waals surface area (Å²) in [5, 5.41) is 12.8. The molecule has 0 spiro atoms. The van der Waals surface area contributed by atoms with Gasteiger partial charge in [0.2, 0.25) is 5.91 Å². The third-order valence-electron chi connectivity index (χ3n) is 4.68. The molecule has 0 fully saturated rings. The van der Waals surface area contributed by atoms with Crippen molar-refractivity contribution in [3.05, 3.63) is 58.3 Å². The summed E-state index contributed by atoms with van der Waals surface area (Å²) in [6.45, 7) is 10.3. The maximum absolute atomic E-state index is 12.5. The topological polar surface area (TPSA) is 65.8 Å². The smallest absolute Gasteiger partial charge is 0.233 e. The zero-order valence-electron chi connectivity index (χ0n) is 16.0. The van der Waals surface area contributed by atoms with Crippen LogP contribution in [0.25, 0.3) is 0 Å². The molecule has 5 heteroatoms. The van der Waals surface area contributed by atoms with Gasteiger partial charge in [0.1, 0.15) is 11.1 Å². The molecule has 0 aliphatic rings. The molecule has 0 bridgehead atoms. The molecule has 1 N–H and O–H groups in total. The molecule has 0 unspecified atom stereocenters.